The second-order valence-electron chi connectivity index (χ2n) is 5.84. The largest absolute Gasteiger partial charge is 0.499 e. The Hall–Kier alpha value is -3.11. The third-order valence-electron chi connectivity index (χ3n) is 4.02. The van der Waals surface area contributed by atoms with Crippen molar-refractivity contribution in [1.29, 1.82) is 0 Å². The summed E-state index contributed by atoms with van der Waals surface area (Å²) in [7, 11) is 0. The molecule has 1 amide bonds. The molecular formula is C19H18F2N4O3S. The lowest BCUT2D eigenvalue weighted by Gasteiger charge is -2.14. The van der Waals surface area contributed by atoms with Gasteiger partial charge in [-0.15, -0.1) is 5.10 Å². The first kappa shape index (κ1) is 20.6. The van der Waals surface area contributed by atoms with Crippen molar-refractivity contribution in [3.63, 3.8) is 0 Å². The molecule has 0 radical (unpaired) electrons. The maximum atomic E-state index is 15.0. The number of carbonyl (C=O) groups excluding carboxylic acids is 1. The van der Waals surface area contributed by atoms with Gasteiger partial charge in [-0.1, -0.05) is 24.1 Å². The minimum absolute atomic E-state index is 0.0139. The highest BCUT2D eigenvalue weighted by molar-refractivity contribution is 7.13. The number of amides is 1. The van der Waals surface area contributed by atoms with Crippen molar-refractivity contribution in [2.75, 3.05) is 18.5 Å². The number of hydroxylamine groups is 1. The zero-order chi connectivity index (χ0) is 20.8. The molecule has 3 aromatic rings. The lowest BCUT2D eigenvalue weighted by Crippen LogP contribution is -2.26. The minimum Gasteiger partial charge on any atom is -0.499 e. The van der Waals surface area contributed by atoms with Gasteiger partial charge in [0.25, 0.3) is 5.91 Å². The van der Waals surface area contributed by atoms with Gasteiger partial charge < -0.3 is 10.1 Å². The van der Waals surface area contributed by atoms with Crippen molar-refractivity contribution in [2.24, 2.45) is 0 Å². The third kappa shape index (κ3) is 4.66. The van der Waals surface area contributed by atoms with E-state index < -0.39 is 17.5 Å². The van der Waals surface area contributed by atoms with Crippen LogP contribution in [0.1, 0.15) is 22.8 Å². The van der Waals surface area contributed by atoms with Gasteiger partial charge in [0.05, 0.1) is 27.9 Å². The van der Waals surface area contributed by atoms with E-state index in [4.69, 9.17) is 9.57 Å². The molecule has 10 heteroatoms. The lowest BCUT2D eigenvalue weighted by molar-refractivity contribution is 0.0145. The molecule has 0 unspecified atom stereocenters. The van der Waals surface area contributed by atoms with E-state index in [9.17, 15) is 9.18 Å². The molecule has 0 aliphatic heterocycles. The van der Waals surface area contributed by atoms with E-state index in [0.29, 0.717) is 11.1 Å². The monoisotopic (exact) mass is 420 g/mol. The van der Waals surface area contributed by atoms with Crippen LogP contribution >= 0.6 is 11.5 Å². The number of nitrogens with one attached hydrogen (secondary N) is 2. The molecule has 0 aliphatic rings. The number of halogens is 2. The van der Waals surface area contributed by atoms with Gasteiger partial charge in [-0.2, -0.15) is 0 Å². The number of benzene rings is 2. The van der Waals surface area contributed by atoms with E-state index in [1.54, 1.807) is 6.07 Å². The van der Waals surface area contributed by atoms with Crippen molar-refractivity contribution in [2.45, 2.75) is 13.3 Å². The zero-order valence-electron chi connectivity index (χ0n) is 15.5. The molecule has 0 aliphatic carbocycles. The second-order valence-corrected chi connectivity index (χ2v) is 6.63. The number of carbonyl (C=O) groups is 1. The van der Waals surface area contributed by atoms with Gasteiger partial charge in [-0.3, -0.25) is 9.63 Å². The van der Waals surface area contributed by atoms with Crippen molar-refractivity contribution in [1.82, 2.24) is 15.1 Å². The van der Waals surface area contributed by atoms with Crippen LogP contribution in [-0.2, 0) is 16.0 Å². The molecule has 2 N–H and O–H groups in total. The quantitative estimate of drug-likeness (QED) is 0.308. The Morgan fingerprint density at radius 3 is 2.86 bits per heavy atom. The molecule has 29 heavy (non-hydrogen) atoms. The summed E-state index contributed by atoms with van der Waals surface area (Å²) in [4.78, 5) is 17.6. The van der Waals surface area contributed by atoms with E-state index in [2.05, 4.69) is 27.0 Å². The fourth-order valence-corrected chi connectivity index (χ4v) is 3.14. The maximum Gasteiger partial charge on any atom is 0.277 e. The van der Waals surface area contributed by atoms with Crippen LogP contribution in [0.2, 0.25) is 0 Å². The highest BCUT2D eigenvalue weighted by Gasteiger charge is 2.22. The van der Waals surface area contributed by atoms with Crippen LogP contribution in [0.15, 0.2) is 37.1 Å². The standard InChI is InChI=1S/C19H18F2N4O3S/c1-3-11-5-6-14(13(20)9-11)22-17-12(19(26)24-28-8-7-27-4-2)10-15-18(16(17)21)23-25-29-15/h4-6,9-10,22H,2-3,7-8H2,1H3,(H,24,26). The lowest BCUT2D eigenvalue weighted by atomic mass is 10.1. The minimum atomic E-state index is -0.810. The predicted molar refractivity (Wildman–Crippen MR) is 106 cm³/mol. The van der Waals surface area contributed by atoms with Crippen molar-refractivity contribution in [3.8, 4) is 0 Å². The van der Waals surface area contributed by atoms with Crippen LogP contribution in [0.3, 0.4) is 0 Å². The highest BCUT2D eigenvalue weighted by Crippen LogP contribution is 2.32. The Balaban J connectivity index is 1.92. The number of ether oxygens (including phenoxy) is 1. The van der Waals surface area contributed by atoms with Crippen LogP contribution < -0.4 is 10.8 Å². The summed E-state index contributed by atoms with van der Waals surface area (Å²) in [6.07, 6.45) is 1.90. The third-order valence-corrected chi connectivity index (χ3v) is 4.69. The first-order valence-corrected chi connectivity index (χ1v) is 9.47. The molecule has 0 bridgehead atoms. The smallest absolute Gasteiger partial charge is 0.277 e. The average Bonchev–Trinajstić information content (AvgIpc) is 3.19. The van der Waals surface area contributed by atoms with Crippen molar-refractivity contribution >= 4 is 39.0 Å². The van der Waals surface area contributed by atoms with E-state index in [0.717, 1.165) is 17.1 Å². The molecule has 3 rings (SSSR count). The fourth-order valence-electron chi connectivity index (χ4n) is 2.54. The van der Waals surface area contributed by atoms with Crippen LogP contribution in [0.4, 0.5) is 20.2 Å². The van der Waals surface area contributed by atoms with Crippen molar-refractivity contribution in [3.05, 3.63) is 59.9 Å². The number of hydrogen-bond donors (Lipinski definition) is 2. The van der Waals surface area contributed by atoms with Gasteiger partial charge in [-0.05, 0) is 41.7 Å². The molecule has 0 atom stereocenters. The summed E-state index contributed by atoms with van der Waals surface area (Å²) in [5.74, 6) is -2.09. The Morgan fingerprint density at radius 1 is 1.31 bits per heavy atom. The van der Waals surface area contributed by atoms with Gasteiger partial charge in [0.15, 0.2) is 5.82 Å². The second kappa shape index (κ2) is 9.39. The van der Waals surface area contributed by atoms with E-state index in [1.165, 1.54) is 24.5 Å². The molecular weight excluding hydrogens is 402 g/mol. The molecule has 0 spiro atoms. The Bertz CT molecular complexity index is 1040. The van der Waals surface area contributed by atoms with Crippen LogP contribution in [0, 0.1) is 11.6 Å². The van der Waals surface area contributed by atoms with Gasteiger partial charge in [0.1, 0.15) is 24.5 Å². The predicted octanol–water partition coefficient (Wildman–Crippen LogP) is 4.10. The molecule has 1 aromatic heterocycles. The number of anilines is 2. The zero-order valence-corrected chi connectivity index (χ0v) is 16.3. The Kier molecular flexibility index (Phi) is 6.68. The van der Waals surface area contributed by atoms with Crippen LogP contribution in [-0.4, -0.2) is 28.7 Å². The number of hydrogen-bond acceptors (Lipinski definition) is 7. The Morgan fingerprint density at radius 2 is 2.14 bits per heavy atom. The first-order chi connectivity index (χ1) is 14.0. The first-order valence-electron chi connectivity index (χ1n) is 8.69. The number of fused-ring (bicyclic) bond motifs is 1. The summed E-state index contributed by atoms with van der Waals surface area (Å²) in [5.41, 5.74) is 2.71. The van der Waals surface area contributed by atoms with Crippen molar-refractivity contribution < 1.29 is 23.1 Å². The van der Waals surface area contributed by atoms with Crippen LogP contribution in [0.5, 0.6) is 0 Å². The van der Waals surface area contributed by atoms with Gasteiger partial charge >= 0.3 is 0 Å². The van der Waals surface area contributed by atoms with Gasteiger partial charge in [-0.25, -0.2) is 14.3 Å². The van der Waals surface area contributed by atoms with E-state index in [1.807, 2.05) is 6.92 Å². The molecule has 0 saturated heterocycles. The van der Waals surface area contributed by atoms with Gasteiger partial charge in [0, 0.05) is 0 Å². The number of aryl methyl sites for hydroxylation is 1. The molecule has 7 nitrogen and oxygen atoms in total. The fraction of sp³-hybridized carbons (Fsp3) is 0.211. The highest BCUT2D eigenvalue weighted by atomic mass is 32.1. The Labute approximate surface area is 169 Å². The number of nitrogens with zero attached hydrogens (tertiary/aromatic N) is 2. The molecule has 152 valence electrons. The topological polar surface area (TPSA) is 85.4 Å². The number of rotatable bonds is 9. The average molecular weight is 420 g/mol. The molecule has 0 fully saturated rings. The summed E-state index contributed by atoms with van der Waals surface area (Å²) in [5, 5.41) is 6.40. The van der Waals surface area contributed by atoms with Crippen LogP contribution in [0.25, 0.3) is 10.2 Å². The maximum absolute atomic E-state index is 15.0. The number of aromatic nitrogens is 2. The molecule has 2 aromatic carbocycles. The molecule has 1 heterocycles. The van der Waals surface area contributed by atoms with E-state index >= 15 is 4.39 Å². The molecule has 0 saturated carbocycles. The summed E-state index contributed by atoms with van der Waals surface area (Å²) in [6, 6.07) is 5.98. The summed E-state index contributed by atoms with van der Waals surface area (Å²) in [6.45, 7) is 5.52. The SMILES string of the molecule is C=COCCONC(=O)c1cc2snnc2c(F)c1Nc1ccc(CC)cc1F. The van der Waals surface area contributed by atoms with E-state index in [-0.39, 0.29) is 35.7 Å². The summed E-state index contributed by atoms with van der Waals surface area (Å²) < 4.78 is 38.4. The summed E-state index contributed by atoms with van der Waals surface area (Å²) >= 11 is 0.936. The van der Waals surface area contributed by atoms with Gasteiger partial charge in [0.2, 0.25) is 0 Å². The normalized spacial score (nSPS) is 10.7.